The van der Waals surface area contributed by atoms with Crippen molar-refractivity contribution in [3.63, 3.8) is 0 Å². The molecule has 3 N–H and O–H groups in total. The van der Waals surface area contributed by atoms with Crippen LogP contribution in [-0.2, 0) is 0 Å². The molecule has 3 nitrogen and oxygen atoms in total. The average molecular weight is 253 g/mol. The lowest BCUT2D eigenvalue weighted by molar-refractivity contribution is 0.194. The number of piperidine rings is 1. The van der Waals surface area contributed by atoms with Crippen LogP contribution in [0, 0.1) is 5.92 Å². The van der Waals surface area contributed by atoms with E-state index in [9.17, 15) is 0 Å². The van der Waals surface area contributed by atoms with Crippen molar-refractivity contribution in [3.05, 3.63) is 0 Å². The third kappa shape index (κ3) is 4.87. The Morgan fingerprint density at radius 2 is 1.94 bits per heavy atom. The number of hydrogen-bond acceptors (Lipinski definition) is 3. The second-order valence-corrected chi connectivity index (χ2v) is 6.50. The van der Waals surface area contributed by atoms with Crippen LogP contribution in [0.5, 0.6) is 0 Å². The van der Waals surface area contributed by atoms with Gasteiger partial charge >= 0.3 is 0 Å². The molecule has 1 heterocycles. The Hall–Kier alpha value is -0.120. The first kappa shape index (κ1) is 14.3. The largest absolute Gasteiger partial charge is 0.328 e. The van der Waals surface area contributed by atoms with E-state index in [1.807, 2.05) is 0 Å². The lowest BCUT2D eigenvalue weighted by atomic mass is 9.91. The van der Waals surface area contributed by atoms with Crippen molar-refractivity contribution < 1.29 is 0 Å². The summed E-state index contributed by atoms with van der Waals surface area (Å²) in [7, 11) is 0. The van der Waals surface area contributed by atoms with Gasteiger partial charge in [0.2, 0.25) is 0 Å². The van der Waals surface area contributed by atoms with Crippen LogP contribution in [0.3, 0.4) is 0 Å². The van der Waals surface area contributed by atoms with E-state index in [2.05, 4.69) is 17.1 Å². The zero-order valence-electron chi connectivity index (χ0n) is 12.0. The smallest absolute Gasteiger partial charge is 0.00819 e. The van der Waals surface area contributed by atoms with Gasteiger partial charge in [-0.3, -0.25) is 0 Å². The van der Waals surface area contributed by atoms with Crippen LogP contribution in [0.1, 0.15) is 51.9 Å². The lowest BCUT2D eigenvalue weighted by Crippen LogP contribution is -2.43. The molecule has 2 rings (SSSR count). The number of hydrogen-bond donors (Lipinski definition) is 2. The van der Waals surface area contributed by atoms with Gasteiger partial charge in [0.15, 0.2) is 0 Å². The third-order valence-electron chi connectivity index (χ3n) is 4.49. The maximum Gasteiger partial charge on any atom is 0.00819 e. The van der Waals surface area contributed by atoms with E-state index in [1.54, 1.807) is 0 Å². The highest BCUT2D eigenvalue weighted by Crippen LogP contribution is 2.17. The Balaban J connectivity index is 1.60. The van der Waals surface area contributed by atoms with Crippen LogP contribution in [-0.4, -0.2) is 43.2 Å². The number of likely N-dealkylation sites (tertiary alicyclic amines) is 1. The first-order valence-electron chi connectivity index (χ1n) is 7.95. The van der Waals surface area contributed by atoms with Gasteiger partial charge in [0.1, 0.15) is 0 Å². The molecule has 2 aliphatic rings. The summed E-state index contributed by atoms with van der Waals surface area (Å²) >= 11 is 0. The van der Waals surface area contributed by atoms with Gasteiger partial charge in [-0.1, -0.05) is 19.8 Å². The highest BCUT2D eigenvalue weighted by atomic mass is 15.1. The molecule has 0 radical (unpaired) electrons. The molecular formula is C15H31N3. The van der Waals surface area contributed by atoms with Crippen molar-refractivity contribution in [2.45, 2.75) is 64.0 Å². The number of nitrogens with zero attached hydrogens (tertiary/aromatic N) is 1. The molecule has 3 atom stereocenters. The fraction of sp³-hybridized carbons (Fsp3) is 1.00. The predicted molar refractivity (Wildman–Crippen MR) is 77.7 cm³/mol. The Kier molecular flexibility index (Phi) is 5.93. The van der Waals surface area contributed by atoms with Crippen LogP contribution in [0.4, 0.5) is 0 Å². The van der Waals surface area contributed by atoms with Crippen LogP contribution in [0.25, 0.3) is 0 Å². The van der Waals surface area contributed by atoms with Crippen LogP contribution in [0.15, 0.2) is 0 Å². The second kappa shape index (κ2) is 7.46. The Morgan fingerprint density at radius 1 is 1.17 bits per heavy atom. The van der Waals surface area contributed by atoms with E-state index in [-0.39, 0.29) is 0 Å². The summed E-state index contributed by atoms with van der Waals surface area (Å²) in [4.78, 5) is 2.64. The van der Waals surface area contributed by atoms with Crippen LogP contribution < -0.4 is 11.1 Å². The molecule has 106 valence electrons. The summed E-state index contributed by atoms with van der Waals surface area (Å²) in [6, 6.07) is 1.12. The van der Waals surface area contributed by atoms with Crippen LogP contribution in [0.2, 0.25) is 0 Å². The maximum absolute atomic E-state index is 6.03. The van der Waals surface area contributed by atoms with Crippen LogP contribution >= 0.6 is 0 Å². The molecular weight excluding hydrogens is 222 g/mol. The summed E-state index contributed by atoms with van der Waals surface area (Å²) in [5, 5.41) is 3.73. The summed E-state index contributed by atoms with van der Waals surface area (Å²) in [5.41, 5.74) is 6.03. The number of nitrogens with one attached hydrogen (secondary N) is 1. The Labute approximate surface area is 112 Å². The van der Waals surface area contributed by atoms with Gasteiger partial charge in [-0.2, -0.15) is 0 Å². The zero-order chi connectivity index (χ0) is 12.8. The minimum absolute atomic E-state index is 0.439. The van der Waals surface area contributed by atoms with E-state index in [0.29, 0.717) is 12.1 Å². The molecule has 1 saturated carbocycles. The number of rotatable bonds is 5. The van der Waals surface area contributed by atoms with E-state index >= 15 is 0 Å². The fourth-order valence-electron chi connectivity index (χ4n) is 3.43. The molecule has 0 aromatic rings. The topological polar surface area (TPSA) is 41.3 Å². The quantitative estimate of drug-likeness (QED) is 0.787. The minimum atomic E-state index is 0.439. The molecule has 0 spiro atoms. The molecule has 1 aliphatic carbocycles. The normalized spacial score (nSPS) is 32.3. The van der Waals surface area contributed by atoms with Gasteiger partial charge in [-0.25, -0.2) is 0 Å². The molecule has 1 saturated heterocycles. The van der Waals surface area contributed by atoms with Crippen molar-refractivity contribution in [1.29, 1.82) is 0 Å². The fourth-order valence-corrected chi connectivity index (χ4v) is 3.43. The maximum atomic E-state index is 6.03. The molecule has 2 fully saturated rings. The van der Waals surface area contributed by atoms with Crippen molar-refractivity contribution in [2.24, 2.45) is 11.7 Å². The van der Waals surface area contributed by atoms with E-state index in [0.717, 1.165) is 12.5 Å². The monoisotopic (exact) mass is 253 g/mol. The van der Waals surface area contributed by atoms with Gasteiger partial charge < -0.3 is 16.0 Å². The van der Waals surface area contributed by atoms with Crippen molar-refractivity contribution >= 4 is 0 Å². The summed E-state index contributed by atoms with van der Waals surface area (Å²) < 4.78 is 0. The highest BCUT2D eigenvalue weighted by Gasteiger charge is 2.20. The summed E-state index contributed by atoms with van der Waals surface area (Å²) in [6.07, 6.45) is 9.26. The molecule has 3 heteroatoms. The first-order chi connectivity index (χ1) is 8.74. The predicted octanol–water partition coefficient (Wildman–Crippen LogP) is 1.97. The van der Waals surface area contributed by atoms with Gasteiger partial charge in [0, 0.05) is 18.6 Å². The molecule has 0 aromatic carbocycles. The average Bonchev–Trinajstić information content (AvgIpc) is 2.38. The molecule has 0 bridgehead atoms. The SMILES string of the molecule is CC(CNC1CCCC(N)C1)CN1CCCCC1. The third-order valence-corrected chi connectivity index (χ3v) is 4.49. The lowest BCUT2D eigenvalue weighted by Gasteiger charge is -2.31. The second-order valence-electron chi connectivity index (χ2n) is 6.50. The Morgan fingerprint density at radius 3 is 2.67 bits per heavy atom. The van der Waals surface area contributed by atoms with Gasteiger partial charge in [0.05, 0.1) is 0 Å². The van der Waals surface area contributed by atoms with Crippen molar-refractivity contribution in [2.75, 3.05) is 26.2 Å². The van der Waals surface area contributed by atoms with Crippen molar-refractivity contribution in [1.82, 2.24) is 10.2 Å². The van der Waals surface area contributed by atoms with Crippen molar-refractivity contribution in [3.8, 4) is 0 Å². The Bertz CT molecular complexity index is 226. The van der Waals surface area contributed by atoms with Gasteiger partial charge in [-0.05, 0) is 57.7 Å². The molecule has 18 heavy (non-hydrogen) atoms. The van der Waals surface area contributed by atoms with Gasteiger partial charge in [-0.15, -0.1) is 0 Å². The molecule has 1 aliphatic heterocycles. The summed E-state index contributed by atoms with van der Waals surface area (Å²) in [5.74, 6) is 0.765. The van der Waals surface area contributed by atoms with E-state index < -0.39 is 0 Å². The minimum Gasteiger partial charge on any atom is -0.328 e. The molecule has 0 amide bonds. The van der Waals surface area contributed by atoms with E-state index in [1.165, 1.54) is 64.6 Å². The number of nitrogens with two attached hydrogens (primary N) is 1. The molecule has 3 unspecified atom stereocenters. The zero-order valence-corrected chi connectivity index (χ0v) is 12.0. The first-order valence-corrected chi connectivity index (χ1v) is 7.95. The molecule has 0 aromatic heterocycles. The highest BCUT2D eigenvalue weighted by molar-refractivity contribution is 4.80. The standard InChI is InChI=1S/C15H31N3/c1-13(12-18-8-3-2-4-9-18)11-17-15-7-5-6-14(16)10-15/h13-15,17H,2-12,16H2,1H3. The summed E-state index contributed by atoms with van der Waals surface area (Å²) in [6.45, 7) is 7.45. The van der Waals surface area contributed by atoms with Gasteiger partial charge in [0.25, 0.3) is 0 Å². The van der Waals surface area contributed by atoms with E-state index in [4.69, 9.17) is 5.73 Å².